The van der Waals surface area contributed by atoms with Crippen LogP contribution in [0.25, 0.3) is 0 Å². The molecule has 0 aromatic heterocycles. The Balaban J connectivity index is 0.00000225. The predicted molar refractivity (Wildman–Crippen MR) is 112 cm³/mol. The third-order valence-corrected chi connectivity index (χ3v) is 6.90. The van der Waals surface area contributed by atoms with Crippen molar-refractivity contribution in [2.75, 3.05) is 26.2 Å². The van der Waals surface area contributed by atoms with Gasteiger partial charge < -0.3 is 15.5 Å². The number of carbonyl (C=O) groups excluding carboxylic acids is 2. The van der Waals surface area contributed by atoms with Crippen LogP contribution in [0.5, 0.6) is 0 Å². The van der Waals surface area contributed by atoms with Crippen LogP contribution in [0.15, 0.2) is 30.3 Å². The highest BCUT2D eigenvalue weighted by Crippen LogP contribution is 2.42. The molecule has 2 saturated carbocycles. The van der Waals surface area contributed by atoms with Crippen molar-refractivity contribution < 1.29 is 9.59 Å². The van der Waals surface area contributed by atoms with Crippen molar-refractivity contribution in [1.82, 2.24) is 9.80 Å². The second kappa shape index (κ2) is 9.27. The summed E-state index contributed by atoms with van der Waals surface area (Å²) in [7, 11) is 0. The summed E-state index contributed by atoms with van der Waals surface area (Å²) in [5.74, 6) is 1.66. The molecule has 2 unspecified atom stereocenters. The molecule has 2 bridgehead atoms. The summed E-state index contributed by atoms with van der Waals surface area (Å²) in [5.41, 5.74) is 7.42. The third-order valence-electron chi connectivity index (χ3n) is 6.90. The molecule has 1 aromatic rings. The van der Waals surface area contributed by atoms with Crippen LogP contribution in [0.1, 0.15) is 37.7 Å². The summed E-state index contributed by atoms with van der Waals surface area (Å²) >= 11 is 0. The van der Waals surface area contributed by atoms with E-state index in [4.69, 9.17) is 5.73 Å². The number of halogens is 1. The second-order valence-electron chi connectivity index (χ2n) is 8.57. The predicted octanol–water partition coefficient (Wildman–Crippen LogP) is 2.48. The minimum Gasteiger partial charge on any atom is -0.339 e. The van der Waals surface area contributed by atoms with Crippen LogP contribution < -0.4 is 5.73 Å². The van der Waals surface area contributed by atoms with Gasteiger partial charge in [0.05, 0.1) is 6.42 Å². The van der Waals surface area contributed by atoms with E-state index in [1.807, 2.05) is 40.1 Å². The lowest BCUT2D eigenvalue weighted by atomic mass is 9.65. The first-order chi connectivity index (χ1) is 13.1. The zero-order valence-electron chi connectivity index (χ0n) is 16.5. The summed E-state index contributed by atoms with van der Waals surface area (Å²) in [6.07, 6.45) is 6.00. The molecule has 2 amide bonds. The second-order valence-corrected chi connectivity index (χ2v) is 8.57. The number of benzene rings is 1. The van der Waals surface area contributed by atoms with Gasteiger partial charge in [0, 0.05) is 38.1 Å². The standard InChI is InChI=1S/C22H31N3O2.ClH/c23-21-17-7-4-8-18(21)15-19(14-17)22(27)25-11-9-24(10-12-25)20(26)13-16-5-2-1-3-6-16;/h1-3,5-6,17-19,21H,4,7-15,23H2;1H. The molecule has 1 aromatic carbocycles. The van der Waals surface area contributed by atoms with E-state index < -0.39 is 0 Å². The summed E-state index contributed by atoms with van der Waals surface area (Å²) in [6.45, 7) is 2.63. The number of nitrogens with zero attached hydrogens (tertiary/aromatic N) is 2. The maximum Gasteiger partial charge on any atom is 0.227 e. The molecule has 3 fully saturated rings. The highest BCUT2D eigenvalue weighted by molar-refractivity contribution is 5.85. The van der Waals surface area contributed by atoms with Crippen LogP contribution in [-0.2, 0) is 16.0 Å². The first-order valence-electron chi connectivity index (χ1n) is 10.5. The van der Waals surface area contributed by atoms with Gasteiger partial charge in [0.2, 0.25) is 11.8 Å². The van der Waals surface area contributed by atoms with Crippen molar-refractivity contribution in [2.45, 2.75) is 44.6 Å². The first-order valence-corrected chi connectivity index (χ1v) is 10.5. The van der Waals surface area contributed by atoms with Gasteiger partial charge in [-0.3, -0.25) is 9.59 Å². The molecule has 1 saturated heterocycles. The van der Waals surface area contributed by atoms with Gasteiger partial charge in [0.1, 0.15) is 0 Å². The highest BCUT2D eigenvalue weighted by Gasteiger charge is 2.42. The lowest BCUT2D eigenvalue weighted by molar-refractivity contribution is -0.144. The smallest absolute Gasteiger partial charge is 0.227 e. The average molecular weight is 406 g/mol. The van der Waals surface area contributed by atoms with Crippen LogP contribution >= 0.6 is 12.4 Å². The van der Waals surface area contributed by atoms with E-state index in [-0.39, 0.29) is 24.2 Å². The van der Waals surface area contributed by atoms with Crippen molar-refractivity contribution in [3.05, 3.63) is 35.9 Å². The SMILES string of the molecule is Cl.NC1C2CCCC1CC(C(=O)N1CCN(C(=O)Cc3ccccc3)CC1)C2. The van der Waals surface area contributed by atoms with E-state index in [0.717, 1.165) is 18.4 Å². The molecule has 4 rings (SSSR count). The van der Waals surface area contributed by atoms with E-state index in [0.29, 0.717) is 56.4 Å². The minimum atomic E-state index is 0. The van der Waals surface area contributed by atoms with E-state index >= 15 is 0 Å². The molecule has 1 heterocycles. The lowest BCUT2D eigenvalue weighted by Gasteiger charge is -2.45. The molecule has 2 aliphatic carbocycles. The van der Waals surface area contributed by atoms with Crippen molar-refractivity contribution in [2.24, 2.45) is 23.5 Å². The van der Waals surface area contributed by atoms with Crippen LogP contribution in [-0.4, -0.2) is 53.8 Å². The van der Waals surface area contributed by atoms with Crippen molar-refractivity contribution in [3.8, 4) is 0 Å². The number of carbonyl (C=O) groups is 2. The van der Waals surface area contributed by atoms with Crippen LogP contribution in [0, 0.1) is 17.8 Å². The molecule has 0 spiro atoms. The zero-order chi connectivity index (χ0) is 18.8. The van der Waals surface area contributed by atoms with Gasteiger partial charge in [0.15, 0.2) is 0 Å². The highest BCUT2D eigenvalue weighted by atomic mass is 35.5. The fraction of sp³-hybridized carbons (Fsp3) is 0.636. The molecule has 6 heteroatoms. The number of hydrogen-bond donors (Lipinski definition) is 1. The van der Waals surface area contributed by atoms with Crippen molar-refractivity contribution in [3.63, 3.8) is 0 Å². The summed E-state index contributed by atoms with van der Waals surface area (Å²) in [6, 6.07) is 10.2. The van der Waals surface area contributed by atoms with Crippen LogP contribution in [0.3, 0.4) is 0 Å². The number of nitrogens with two attached hydrogens (primary N) is 1. The maximum atomic E-state index is 13.0. The molecule has 5 nitrogen and oxygen atoms in total. The Bertz CT molecular complexity index is 662. The first kappa shape index (κ1) is 21.1. The Morgan fingerprint density at radius 3 is 2.11 bits per heavy atom. The molecular weight excluding hydrogens is 374 g/mol. The van der Waals surface area contributed by atoms with Crippen molar-refractivity contribution >= 4 is 24.2 Å². The molecular formula is C22H32ClN3O2. The third kappa shape index (κ3) is 4.52. The quantitative estimate of drug-likeness (QED) is 0.840. The molecule has 2 atom stereocenters. The summed E-state index contributed by atoms with van der Waals surface area (Å²) in [4.78, 5) is 29.5. The van der Waals surface area contributed by atoms with E-state index in [9.17, 15) is 9.59 Å². The van der Waals surface area contributed by atoms with Gasteiger partial charge in [-0.05, 0) is 43.1 Å². The van der Waals surface area contributed by atoms with Gasteiger partial charge in [-0.2, -0.15) is 0 Å². The topological polar surface area (TPSA) is 66.6 Å². The van der Waals surface area contributed by atoms with Gasteiger partial charge in [-0.15, -0.1) is 12.4 Å². The Hall–Kier alpha value is -1.59. The number of piperazine rings is 1. The van der Waals surface area contributed by atoms with E-state index in [2.05, 4.69) is 0 Å². The minimum absolute atomic E-state index is 0. The fourth-order valence-corrected chi connectivity index (χ4v) is 5.31. The molecule has 2 N–H and O–H groups in total. The Kier molecular flexibility index (Phi) is 7.00. The van der Waals surface area contributed by atoms with Crippen molar-refractivity contribution in [1.29, 1.82) is 0 Å². The molecule has 154 valence electrons. The molecule has 28 heavy (non-hydrogen) atoms. The van der Waals surface area contributed by atoms with Gasteiger partial charge in [-0.1, -0.05) is 36.8 Å². The van der Waals surface area contributed by atoms with Crippen LogP contribution in [0.4, 0.5) is 0 Å². The van der Waals surface area contributed by atoms with Gasteiger partial charge in [0.25, 0.3) is 0 Å². The monoisotopic (exact) mass is 405 g/mol. The maximum absolute atomic E-state index is 13.0. The molecule has 3 aliphatic rings. The number of amides is 2. The lowest BCUT2D eigenvalue weighted by Crippen LogP contribution is -2.54. The van der Waals surface area contributed by atoms with Gasteiger partial charge >= 0.3 is 0 Å². The normalized spacial score (nSPS) is 29.8. The van der Waals surface area contributed by atoms with E-state index in [1.165, 1.54) is 19.3 Å². The van der Waals surface area contributed by atoms with E-state index in [1.54, 1.807) is 0 Å². The Labute approximate surface area is 174 Å². The summed E-state index contributed by atoms with van der Waals surface area (Å²) < 4.78 is 0. The number of fused-ring (bicyclic) bond motifs is 2. The zero-order valence-corrected chi connectivity index (χ0v) is 17.3. The fourth-order valence-electron chi connectivity index (χ4n) is 5.31. The summed E-state index contributed by atoms with van der Waals surface area (Å²) in [5, 5.41) is 0. The van der Waals surface area contributed by atoms with Gasteiger partial charge in [-0.25, -0.2) is 0 Å². The molecule has 1 aliphatic heterocycles. The Morgan fingerprint density at radius 1 is 0.929 bits per heavy atom. The Morgan fingerprint density at radius 2 is 1.50 bits per heavy atom. The van der Waals surface area contributed by atoms with Crippen LogP contribution in [0.2, 0.25) is 0 Å². The molecule has 0 radical (unpaired) electrons. The average Bonchev–Trinajstić information content (AvgIpc) is 2.68. The largest absolute Gasteiger partial charge is 0.339 e. The number of hydrogen-bond acceptors (Lipinski definition) is 3. The number of rotatable bonds is 3.